The maximum atomic E-state index is 13.4. The Hall–Kier alpha value is -2.17. The van der Waals surface area contributed by atoms with Gasteiger partial charge in [-0.15, -0.1) is 0 Å². The van der Waals surface area contributed by atoms with Crippen molar-refractivity contribution < 1.29 is 13.9 Å². The van der Waals surface area contributed by atoms with Gasteiger partial charge in [0, 0.05) is 12.5 Å². The second-order valence-corrected chi connectivity index (χ2v) is 5.53. The first kappa shape index (κ1) is 16.2. The second kappa shape index (κ2) is 7.20. The Morgan fingerprint density at radius 2 is 2.14 bits per heavy atom. The van der Waals surface area contributed by atoms with Crippen LogP contribution in [0.5, 0.6) is 5.88 Å². The molecule has 0 saturated carbocycles. The summed E-state index contributed by atoms with van der Waals surface area (Å²) in [6.07, 6.45) is 2.07. The maximum Gasteiger partial charge on any atom is 0.312 e. The zero-order valence-electron chi connectivity index (χ0n) is 13.2. The number of ether oxygens (including phenoxy) is 1. The molecule has 0 N–H and O–H groups in total. The van der Waals surface area contributed by atoms with Gasteiger partial charge in [0.15, 0.2) is 0 Å². The van der Waals surface area contributed by atoms with Crippen molar-refractivity contribution >= 4 is 5.97 Å². The highest BCUT2D eigenvalue weighted by molar-refractivity contribution is 5.72. The summed E-state index contributed by atoms with van der Waals surface area (Å²) in [5, 5.41) is 4.43. The van der Waals surface area contributed by atoms with Crippen LogP contribution in [0, 0.1) is 5.82 Å². The van der Waals surface area contributed by atoms with Crippen molar-refractivity contribution in [2.75, 3.05) is 0 Å². The molecule has 22 heavy (non-hydrogen) atoms. The number of benzene rings is 1. The van der Waals surface area contributed by atoms with Crippen LogP contribution in [-0.4, -0.2) is 15.7 Å². The lowest BCUT2D eigenvalue weighted by Crippen LogP contribution is -2.11. The Bertz CT molecular complexity index is 650. The normalized spacial score (nSPS) is 11.0. The van der Waals surface area contributed by atoms with Gasteiger partial charge in [-0.1, -0.05) is 33.3 Å². The zero-order chi connectivity index (χ0) is 16.1. The fraction of sp³-hybridized carbons (Fsp3) is 0.412. The average molecular weight is 304 g/mol. The molecule has 0 fully saturated rings. The molecule has 0 aliphatic carbocycles. The molecule has 0 atom stereocenters. The molecule has 0 radical (unpaired) electrons. The highest BCUT2D eigenvalue weighted by Gasteiger charge is 2.16. The lowest BCUT2D eigenvalue weighted by atomic mass is 10.1. The van der Waals surface area contributed by atoms with Gasteiger partial charge in [-0.2, -0.15) is 5.10 Å². The SMILES string of the molecule is CCCCC(=O)Oc1cc(C(C)C)nn1-c1cccc(F)c1. The monoisotopic (exact) mass is 304 g/mol. The van der Waals surface area contributed by atoms with Gasteiger partial charge in [-0.25, -0.2) is 9.07 Å². The standard InChI is InChI=1S/C17H21FN2O2/c1-4-5-9-17(21)22-16-11-15(12(2)3)19-20(16)14-8-6-7-13(18)10-14/h6-8,10-12H,4-5,9H2,1-3H3. The largest absolute Gasteiger partial charge is 0.407 e. The minimum Gasteiger partial charge on any atom is -0.407 e. The van der Waals surface area contributed by atoms with Crippen LogP contribution in [0.3, 0.4) is 0 Å². The van der Waals surface area contributed by atoms with E-state index in [4.69, 9.17) is 4.74 Å². The van der Waals surface area contributed by atoms with Gasteiger partial charge in [0.25, 0.3) is 0 Å². The van der Waals surface area contributed by atoms with E-state index in [1.54, 1.807) is 18.2 Å². The molecule has 1 aromatic heterocycles. The summed E-state index contributed by atoms with van der Waals surface area (Å²) in [6.45, 7) is 6.02. The first-order chi connectivity index (χ1) is 10.5. The lowest BCUT2D eigenvalue weighted by molar-refractivity contribution is -0.134. The first-order valence-corrected chi connectivity index (χ1v) is 7.57. The second-order valence-electron chi connectivity index (χ2n) is 5.53. The third kappa shape index (κ3) is 3.93. The van der Waals surface area contributed by atoms with Crippen LogP contribution < -0.4 is 4.74 Å². The minimum atomic E-state index is -0.359. The molecule has 0 aliphatic rings. The molecular formula is C17H21FN2O2. The van der Waals surface area contributed by atoms with E-state index in [9.17, 15) is 9.18 Å². The van der Waals surface area contributed by atoms with Crippen molar-refractivity contribution in [2.24, 2.45) is 0 Å². The molecule has 118 valence electrons. The third-order valence-corrected chi connectivity index (χ3v) is 3.29. The van der Waals surface area contributed by atoms with Gasteiger partial charge in [0.2, 0.25) is 5.88 Å². The number of carbonyl (C=O) groups excluding carboxylic acids is 1. The highest BCUT2D eigenvalue weighted by atomic mass is 19.1. The Morgan fingerprint density at radius 1 is 1.36 bits per heavy atom. The van der Waals surface area contributed by atoms with E-state index in [0.29, 0.717) is 18.0 Å². The molecule has 0 aliphatic heterocycles. The van der Waals surface area contributed by atoms with Gasteiger partial charge in [0.1, 0.15) is 5.82 Å². The number of aromatic nitrogens is 2. The smallest absolute Gasteiger partial charge is 0.312 e. The van der Waals surface area contributed by atoms with Crippen LogP contribution in [0.15, 0.2) is 30.3 Å². The van der Waals surface area contributed by atoms with E-state index >= 15 is 0 Å². The van der Waals surface area contributed by atoms with E-state index in [1.807, 2.05) is 20.8 Å². The summed E-state index contributed by atoms with van der Waals surface area (Å²) in [5.41, 5.74) is 1.33. The summed E-state index contributed by atoms with van der Waals surface area (Å²) >= 11 is 0. The fourth-order valence-corrected chi connectivity index (χ4v) is 2.02. The molecular weight excluding hydrogens is 283 g/mol. The van der Waals surface area contributed by atoms with Gasteiger partial charge in [-0.3, -0.25) is 4.79 Å². The van der Waals surface area contributed by atoms with E-state index in [1.165, 1.54) is 16.8 Å². The van der Waals surface area contributed by atoms with Crippen molar-refractivity contribution in [3.8, 4) is 11.6 Å². The lowest BCUT2D eigenvalue weighted by Gasteiger charge is -2.07. The molecule has 0 saturated heterocycles. The predicted molar refractivity (Wildman–Crippen MR) is 82.8 cm³/mol. The van der Waals surface area contributed by atoms with Crippen molar-refractivity contribution in [3.05, 3.63) is 41.8 Å². The van der Waals surface area contributed by atoms with E-state index in [2.05, 4.69) is 5.10 Å². The number of rotatable bonds is 6. The van der Waals surface area contributed by atoms with Crippen molar-refractivity contribution in [1.29, 1.82) is 0 Å². The van der Waals surface area contributed by atoms with Crippen molar-refractivity contribution in [1.82, 2.24) is 9.78 Å². The number of halogens is 1. The summed E-state index contributed by atoms with van der Waals surface area (Å²) in [7, 11) is 0. The van der Waals surface area contributed by atoms with Crippen molar-refractivity contribution in [3.63, 3.8) is 0 Å². The number of esters is 1. The maximum absolute atomic E-state index is 13.4. The molecule has 4 nitrogen and oxygen atoms in total. The van der Waals surface area contributed by atoms with E-state index in [0.717, 1.165) is 18.5 Å². The van der Waals surface area contributed by atoms with Crippen LogP contribution in [0.2, 0.25) is 0 Å². The third-order valence-electron chi connectivity index (χ3n) is 3.29. The van der Waals surface area contributed by atoms with Gasteiger partial charge in [-0.05, 0) is 30.5 Å². The van der Waals surface area contributed by atoms with Gasteiger partial charge < -0.3 is 4.74 Å². The van der Waals surface area contributed by atoms with Crippen LogP contribution in [0.4, 0.5) is 4.39 Å². The van der Waals surface area contributed by atoms with Crippen LogP contribution in [0.25, 0.3) is 5.69 Å². The zero-order valence-corrected chi connectivity index (χ0v) is 13.2. The summed E-state index contributed by atoms with van der Waals surface area (Å²) in [6, 6.07) is 7.79. The van der Waals surface area contributed by atoms with E-state index in [-0.39, 0.29) is 17.7 Å². The summed E-state index contributed by atoms with van der Waals surface area (Å²) in [5.74, 6) is -0.143. The molecule has 2 rings (SSSR count). The molecule has 0 bridgehead atoms. The Morgan fingerprint density at radius 3 is 2.77 bits per heavy atom. The quantitative estimate of drug-likeness (QED) is 0.750. The average Bonchev–Trinajstić information content (AvgIpc) is 2.89. The fourth-order valence-electron chi connectivity index (χ4n) is 2.02. The molecule has 0 unspecified atom stereocenters. The molecule has 1 heterocycles. The van der Waals surface area contributed by atoms with Crippen LogP contribution in [0.1, 0.15) is 51.6 Å². The number of nitrogens with zero attached hydrogens (tertiary/aromatic N) is 2. The molecule has 2 aromatic rings. The molecule has 1 aromatic carbocycles. The summed E-state index contributed by atoms with van der Waals surface area (Å²) < 4.78 is 20.3. The Balaban J connectivity index is 2.33. The highest BCUT2D eigenvalue weighted by Crippen LogP contribution is 2.24. The molecule has 0 spiro atoms. The Kier molecular flexibility index (Phi) is 5.31. The van der Waals surface area contributed by atoms with Crippen LogP contribution >= 0.6 is 0 Å². The predicted octanol–water partition coefficient (Wildman–Crippen LogP) is 4.23. The van der Waals surface area contributed by atoms with Gasteiger partial charge in [0.05, 0.1) is 11.4 Å². The number of unbranched alkanes of at least 4 members (excludes halogenated alkanes) is 1. The Labute approximate surface area is 129 Å². The first-order valence-electron chi connectivity index (χ1n) is 7.57. The molecule has 0 amide bonds. The van der Waals surface area contributed by atoms with Crippen LogP contribution in [-0.2, 0) is 4.79 Å². The minimum absolute atomic E-state index is 0.183. The molecule has 5 heteroatoms. The summed E-state index contributed by atoms with van der Waals surface area (Å²) in [4.78, 5) is 11.9. The number of hydrogen-bond acceptors (Lipinski definition) is 3. The number of hydrogen-bond donors (Lipinski definition) is 0. The van der Waals surface area contributed by atoms with Crippen molar-refractivity contribution in [2.45, 2.75) is 46.0 Å². The van der Waals surface area contributed by atoms with E-state index < -0.39 is 0 Å². The van der Waals surface area contributed by atoms with Gasteiger partial charge >= 0.3 is 5.97 Å². The topological polar surface area (TPSA) is 44.1 Å². The number of carbonyl (C=O) groups is 1.